The summed E-state index contributed by atoms with van der Waals surface area (Å²) < 4.78 is 0. The van der Waals surface area contributed by atoms with Crippen LogP contribution in [-0.2, 0) is 0 Å². The number of nitrogens with one attached hydrogen (secondary N) is 2. The van der Waals surface area contributed by atoms with Gasteiger partial charge in [0, 0.05) is 50.4 Å². The molecule has 2 rings (SSSR count). The van der Waals surface area contributed by atoms with Crippen LogP contribution in [0.3, 0.4) is 0 Å². The lowest BCUT2D eigenvalue weighted by Crippen LogP contribution is -2.46. The summed E-state index contributed by atoms with van der Waals surface area (Å²) in [7, 11) is 0. The number of hydrogen-bond donors (Lipinski definition) is 2. The molecule has 7 nitrogen and oxygen atoms in total. The molecule has 1 heterocycles. The molecule has 1 aromatic rings. The summed E-state index contributed by atoms with van der Waals surface area (Å²) in [6, 6.07) is 4.03. The predicted molar refractivity (Wildman–Crippen MR) is 87.0 cm³/mol. The third-order valence-electron chi connectivity index (χ3n) is 3.32. The van der Waals surface area contributed by atoms with E-state index in [9.17, 15) is 14.9 Å². The number of nitro benzene ring substituents is 1. The molecule has 0 radical (unpaired) electrons. The Balaban J connectivity index is 0.00000242. The zero-order valence-corrected chi connectivity index (χ0v) is 13.5. The molecular weight excluding hydrogens is 331 g/mol. The van der Waals surface area contributed by atoms with Crippen LogP contribution in [0.15, 0.2) is 18.2 Å². The fourth-order valence-corrected chi connectivity index (χ4v) is 2.37. The molecule has 1 fully saturated rings. The molecule has 0 atom stereocenters. The second kappa shape index (κ2) is 8.89. The molecule has 0 saturated carbocycles. The van der Waals surface area contributed by atoms with Crippen LogP contribution in [0.5, 0.6) is 0 Å². The molecule has 0 spiro atoms. The largest absolute Gasteiger partial charge is 0.351 e. The van der Waals surface area contributed by atoms with Gasteiger partial charge in [0.1, 0.15) is 5.56 Å². The maximum atomic E-state index is 12.0. The lowest BCUT2D eigenvalue weighted by molar-refractivity contribution is -0.385. The highest BCUT2D eigenvalue weighted by molar-refractivity contribution is 6.31. The molecule has 0 aliphatic carbocycles. The maximum absolute atomic E-state index is 12.0. The van der Waals surface area contributed by atoms with Gasteiger partial charge in [0.05, 0.1) is 4.92 Å². The average molecular weight is 349 g/mol. The molecule has 22 heavy (non-hydrogen) atoms. The minimum Gasteiger partial charge on any atom is -0.351 e. The smallest absolute Gasteiger partial charge is 0.283 e. The minimum absolute atomic E-state index is 0. The summed E-state index contributed by atoms with van der Waals surface area (Å²) in [5, 5.41) is 17.1. The number of nitro groups is 1. The van der Waals surface area contributed by atoms with Crippen molar-refractivity contribution in [2.75, 3.05) is 39.3 Å². The maximum Gasteiger partial charge on any atom is 0.283 e. The summed E-state index contributed by atoms with van der Waals surface area (Å²) in [5.41, 5.74) is -0.244. The van der Waals surface area contributed by atoms with Crippen molar-refractivity contribution >= 4 is 35.6 Å². The quantitative estimate of drug-likeness (QED) is 0.618. The van der Waals surface area contributed by atoms with Crippen molar-refractivity contribution in [2.45, 2.75) is 0 Å². The van der Waals surface area contributed by atoms with Crippen LogP contribution in [0.1, 0.15) is 10.4 Å². The van der Waals surface area contributed by atoms with E-state index in [2.05, 4.69) is 15.5 Å². The first-order chi connectivity index (χ1) is 10.1. The number of carbonyl (C=O) groups excluding carboxylic acids is 1. The van der Waals surface area contributed by atoms with Crippen molar-refractivity contribution in [3.8, 4) is 0 Å². The second-order valence-corrected chi connectivity index (χ2v) is 5.20. The van der Waals surface area contributed by atoms with Gasteiger partial charge >= 0.3 is 0 Å². The lowest BCUT2D eigenvalue weighted by atomic mass is 10.1. The minimum atomic E-state index is -0.600. The van der Waals surface area contributed by atoms with Crippen molar-refractivity contribution in [3.05, 3.63) is 38.9 Å². The summed E-state index contributed by atoms with van der Waals surface area (Å²) >= 11 is 5.72. The number of amides is 1. The monoisotopic (exact) mass is 348 g/mol. The van der Waals surface area contributed by atoms with E-state index in [4.69, 9.17) is 11.6 Å². The number of carbonyl (C=O) groups is 1. The summed E-state index contributed by atoms with van der Waals surface area (Å²) in [5.74, 6) is -0.450. The third kappa shape index (κ3) is 5.10. The van der Waals surface area contributed by atoms with Gasteiger partial charge in [0.15, 0.2) is 0 Å². The van der Waals surface area contributed by atoms with Crippen molar-refractivity contribution in [3.63, 3.8) is 0 Å². The van der Waals surface area contributed by atoms with E-state index in [0.717, 1.165) is 32.7 Å². The predicted octanol–water partition coefficient (Wildman–Crippen LogP) is 1.30. The van der Waals surface area contributed by atoms with E-state index in [-0.39, 0.29) is 28.7 Å². The fourth-order valence-electron chi connectivity index (χ4n) is 2.21. The van der Waals surface area contributed by atoms with E-state index in [1.54, 1.807) is 0 Å². The molecule has 0 unspecified atom stereocenters. The Kier molecular flexibility index (Phi) is 7.53. The van der Waals surface area contributed by atoms with Crippen LogP contribution in [0, 0.1) is 10.1 Å². The Labute approximate surface area is 139 Å². The van der Waals surface area contributed by atoms with Crippen LogP contribution < -0.4 is 10.6 Å². The molecule has 2 N–H and O–H groups in total. The first-order valence-corrected chi connectivity index (χ1v) is 7.11. The summed E-state index contributed by atoms with van der Waals surface area (Å²) in [6.45, 7) is 4.95. The van der Waals surface area contributed by atoms with Gasteiger partial charge in [-0.15, -0.1) is 12.4 Å². The zero-order chi connectivity index (χ0) is 15.2. The lowest BCUT2D eigenvalue weighted by Gasteiger charge is -2.27. The fraction of sp³-hybridized carbons (Fsp3) is 0.462. The third-order valence-corrected chi connectivity index (χ3v) is 3.56. The topological polar surface area (TPSA) is 87.5 Å². The highest BCUT2D eigenvalue weighted by Gasteiger charge is 2.20. The normalized spacial score (nSPS) is 15.0. The van der Waals surface area contributed by atoms with Gasteiger partial charge in [-0.1, -0.05) is 11.6 Å². The highest BCUT2D eigenvalue weighted by Crippen LogP contribution is 2.22. The number of hydrogen-bond acceptors (Lipinski definition) is 5. The number of rotatable bonds is 5. The SMILES string of the molecule is Cl.O=C(NCCN1CCNCC1)c1ccc(Cl)cc1[N+](=O)[O-]. The Hall–Kier alpha value is -1.41. The van der Waals surface area contributed by atoms with Crippen molar-refractivity contribution in [1.29, 1.82) is 0 Å². The van der Waals surface area contributed by atoms with Gasteiger partial charge in [-0.2, -0.15) is 0 Å². The molecule has 9 heteroatoms. The second-order valence-electron chi connectivity index (χ2n) is 4.77. The van der Waals surface area contributed by atoms with Gasteiger partial charge in [-0.3, -0.25) is 19.8 Å². The Morgan fingerprint density at radius 1 is 1.41 bits per heavy atom. The van der Waals surface area contributed by atoms with Crippen LogP contribution in [0.2, 0.25) is 5.02 Å². The Bertz CT molecular complexity index is 536. The molecule has 1 saturated heterocycles. The van der Waals surface area contributed by atoms with E-state index >= 15 is 0 Å². The standard InChI is InChI=1S/C13H17ClN4O3.ClH/c14-10-1-2-11(12(9-10)18(20)21)13(19)16-5-8-17-6-3-15-4-7-17;/h1-2,9,15H,3-8H2,(H,16,19);1H. The molecule has 1 aliphatic rings. The van der Waals surface area contributed by atoms with Crippen molar-refractivity contribution < 1.29 is 9.72 Å². The first kappa shape index (κ1) is 18.6. The van der Waals surface area contributed by atoms with E-state index in [0.29, 0.717) is 6.54 Å². The average Bonchev–Trinajstić information content (AvgIpc) is 2.48. The molecular formula is C13H18Cl2N4O3. The number of halogens is 2. The van der Waals surface area contributed by atoms with Crippen molar-refractivity contribution in [1.82, 2.24) is 15.5 Å². The Morgan fingerprint density at radius 3 is 2.73 bits per heavy atom. The first-order valence-electron chi connectivity index (χ1n) is 6.73. The van der Waals surface area contributed by atoms with Gasteiger partial charge < -0.3 is 10.6 Å². The Morgan fingerprint density at radius 2 is 2.09 bits per heavy atom. The molecule has 1 aromatic carbocycles. The van der Waals surface area contributed by atoms with Crippen molar-refractivity contribution in [2.24, 2.45) is 0 Å². The van der Waals surface area contributed by atoms with Crippen LogP contribution >= 0.6 is 24.0 Å². The van der Waals surface area contributed by atoms with E-state index in [1.165, 1.54) is 18.2 Å². The molecule has 1 amide bonds. The molecule has 1 aliphatic heterocycles. The number of benzene rings is 1. The van der Waals surface area contributed by atoms with Crippen LogP contribution in [-0.4, -0.2) is 55.0 Å². The van der Waals surface area contributed by atoms with Gasteiger partial charge in [-0.05, 0) is 12.1 Å². The molecule has 0 aromatic heterocycles. The zero-order valence-electron chi connectivity index (χ0n) is 11.9. The van der Waals surface area contributed by atoms with Gasteiger partial charge in [0.25, 0.3) is 11.6 Å². The summed E-state index contributed by atoms with van der Waals surface area (Å²) in [4.78, 5) is 24.6. The highest BCUT2D eigenvalue weighted by atomic mass is 35.5. The van der Waals surface area contributed by atoms with E-state index in [1.807, 2.05) is 0 Å². The number of piperazine rings is 1. The van der Waals surface area contributed by atoms with Crippen LogP contribution in [0.25, 0.3) is 0 Å². The molecule has 122 valence electrons. The van der Waals surface area contributed by atoms with Gasteiger partial charge in [0.2, 0.25) is 0 Å². The van der Waals surface area contributed by atoms with E-state index < -0.39 is 10.8 Å². The van der Waals surface area contributed by atoms with Gasteiger partial charge in [-0.25, -0.2) is 0 Å². The number of nitrogens with zero attached hydrogens (tertiary/aromatic N) is 2. The summed E-state index contributed by atoms with van der Waals surface area (Å²) in [6.07, 6.45) is 0. The van der Waals surface area contributed by atoms with Crippen LogP contribution in [0.4, 0.5) is 5.69 Å². The molecule has 0 bridgehead atoms.